The van der Waals surface area contributed by atoms with Crippen molar-refractivity contribution in [1.29, 1.82) is 0 Å². The Balaban J connectivity index is 1.19. The first kappa shape index (κ1) is 26.6. The molecule has 46 heavy (non-hydrogen) atoms. The second-order valence-electron chi connectivity index (χ2n) is 11.3. The van der Waals surface area contributed by atoms with E-state index in [1.54, 1.807) is 12.4 Å². The molecule has 5 nitrogen and oxygen atoms in total. The molecule has 218 valence electrons. The Morgan fingerprint density at radius 2 is 0.870 bits per heavy atom. The zero-order valence-electron chi connectivity index (χ0n) is 24.5. The minimum atomic E-state index is -3.39. The zero-order chi connectivity index (χ0) is 30.7. The summed E-state index contributed by atoms with van der Waals surface area (Å²) in [5, 5.41) is 1.96. The van der Waals surface area contributed by atoms with Crippen LogP contribution in [-0.2, 0) is 4.57 Å². The highest BCUT2D eigenvalue weighted by Gasteiger charge is 2.47. The van der Waals surface area contributed by atoms with E-state index >= 15 is 4.57 Å². The van der Waals surface area contributed by atoms with Gasteiger partial charge in [0.1, 0.15) is 28.3 Å². The molecule has 9 rings (SSSR count). The molecule has 7 aromatic rings. The van der Waals surface area contributed by atoms with Gasteiger partial charge in [-0.15, -0.1) is 0 Å². The Kier molecular flexibility index (Phi) is 6.02. The molecule has 0 unspecified atom stereocenters. The van der Waals surface area contributed by atoms with Gasteiger partial charge in [0.2, 0.25) is 0 Å². The second-order valence-corrected chi connectivity index (χ2v) is 13.9. The molecule has 2 aliphatic heterocycles. The minimum absolute atomic E-state index is 0.557. The summed E-state index contributed by atoms with van der Waals surface area (Å²) in [7, 11) is -3.39. The third-order valence-electron chi connectivity index (χ3n) is 8.68. The summed E-state index contributed by atoms with van der Waals surface area (Å²) >= 11 is 0. The van der Waals surface area contributed by atoms with Gasteiger partial charge in [-0.05, 0) is 59.7 Å². The van der Waals surface area contributed by atoms with E-state index in [1.165, 1.54) is 0 Å². The van der Waals surface area contributed by atoms with Crippen LogP contribution in [0.5, 0.6) is 23.0 Å². The average molecular weight is 613 g/mol. The summed E-state index contributed by atoms with van der Waals surface area (Å²) in [6.07, 6.45) is 3.59. The number of fused-ring (bicyclic) bond motifs is 4. The smallest absolute Gasteiger partial charge is 0.185 e. The Labute approximate surface area is 266 Å². The van der Waals surface area contributed by atoms with Gasteiger partial charge in [0.15, 0.2) is 7.14 Å². The van der Waals surface area contributed by atoms with Crippen molar-refractivity contribution >= 4 is 23.1 Å². The minimum Gasteiger partial charge on any atom is -0.455 e. The maximum absolute atomic E-state index is 15.8. The van der Waals surface area contributed by atoms with E-state index in [0.29, 0.717) is 38.9 Å². The van der Waals surface area contributed by atoms with Crippen LogP contribution in [-0.4, -0.2) is 9.97 Å². The Hall–Kier alpha value is -5.77. The van der Waals surface area contributed by atoms with Crippen LogP contribution in [0, 0.1) is 0 Å². The van der Waals surface area contributed by atoms with E-state index < -0.39 is 7.14 Å². The third kappa shape index (κ3) is 4.06. The van der Waals surface area contributed by atoms with Gasteiger partial charge in [-0.3, -0.25) is 9.97 Å². The first-order chi connectivity index (χ1) is 22.7. The fourth-order valence-electron chi connectivity index (χ4n) is 6.49. The Morgan fingerprint density at radius 3 is 1.30 bits per heavy atom. The molecule has 0 atom stereocenters. The number of aromatic nitrogens is 2. The van der Waals surface area contributed by atoms with Crippen LogP contribution in [0.15, 0.2) is 152 Å². The van der Waals surface area contributed by atoms with E-state index in [1.807, 2.05) is 91.0 Å². The molecule has 0 saturated heterocycles. The molecule has 0 aliphatic carbocycles. The average Bonchev–Trinajstić information content (AvgIpc) is 3.12. The van der Waals surface area contributed by atoms with Gasteiger partial charge in [0.25, 0.3) is 0 Å². The third-order valence-corrected chi connectivity index (χ3v) is 11.8. The monoisotopic (exact) mass is 612 g/mol. The number of benzene rings is 5. The Morgan fingerprint density at radius 1 is 0.435 bits per heavy atom. The highest BCUT2D eigenvalue weighted by molar-refractivity contribution is 7.86. The molecule has 0 amide bonds. The highest BCUT2D eigenvalue weighted by atomic mass is 31.2. The van der Waals surface area contributed by atoms with Crippen molar-refractivity contribution in [2.75, 3.05) is 0 Å². The van der Waals surface area contributed by atoms with E-state index in [-0.39, 0.29) is 0 Å². The maximum Gasteiger partial charge on any atom is 0.185 e. The van der Waals surface area contributed by atoms with Crippen LogP contribution in [0.4, 0.5) is 0 Å². The molecule has 0 N–H and O–H groups in total. The van der Waals surface area contributed by atoms with Crippen molar-refractivity contribution in [2.45, 2.75) is 0 Å². The summed E-state index contributed by atoms with van der Waals surface area (Å²) in [4.78, 5) is 8.97. The van der Waals surface area contributed by atoms with E-state index in [2.05, 4.69) is 58.5 Å². The van der Waals surface area contributed by atoms with Crippen molar-refractivity contribution < 1.29 is 14.0 Å². The summed E-state index contributed by atoms with van der Waals surface area (Å²) in [6.45, 7) is 0. The molecule has 0 saturated carbocycles. The van der Waals surface area contributed by atoms with Gasteiger partial charge in [0.05, 0.1) is 22.0 Å². The number of hydrogen-bond acceptors (Lipinski definition) is 5. The predicted molar refractivity (Wildman–Crippen MR) is 183 cm³/mol. The molecule has 0 bridgehead atoms. The fraction of sp³-hybridized carbons (Fsp3) is 0. The van der Waals surface area contributed by atoms with E-state index in [0.717, 1.165) is 44.8 Å². The van der Waals surface area contributed by atoms with E-state index in [4.69, 9.17) is 9.47 Å². The number of nitrogens with zero attached hydrogens (tertiary/aromatic N) is 2. The fourth-order valence-corrected chi connectivity index (χ4v) is 9.59. The van der Waals surface area contributed by atoms with Crippen molar-refractivity contribution in [3.8, 4) is 67.8 Å². The zero-order valence-corrected chi connectivity index (χ0v) is 25.4. The summed E-state index contributed by atoms with van der Waals surface area (Å²) in [6, 6.07) is 45.8. The summed E-state index contributed by atoms with van der Waals surface area (Å²) in [5.74, 6) is 2.33. The lowest BCUT2D eigenvalue weighted by Gasteiger charge is -2.35. The molecular weight excluding hydrogens is 587 g/mol. The first-order valence-electron chi connectivity index (χ1n) is 15.1. The summed E-state index contributed by atoms with van der Waals surface area (Å²) in [5.41, 5.74) is 7.57. The standard InChI is InChI=1S/C40H25N2O3P/c43-46-36-14-5-8-30(26-16-20-28(21-17-26)32-10-1-3-24-41-32)38(36)44-34-12-7-13-35(40(34)46)45-39-31(9-6-15-37(39)46)27-18-22-29(23-19-27)33-11-2-4-25-42-33/h1-25H. The van der Waals surface area contributed by atoms with Crippen LogP contribution in [0.1, 0.15) is 0 Å². The number of ether oxygens (including phenoxy) is 2. The molecule has 6 heteroatoms. The van der Waals surface area contributed by atoms with Crippen LogP contribution >= 0.6 is 7.14 Å². The first-order valence-corrected chi connectivity index (χ1v) is 16.8. The topological polar surface area (TPSA) is 61.3 Å². The van der Waals surface area contributed by atoms with Crippen LogP contribution in [0.2, 0.25) is 0 Å². The SMILES string of the molecule is O=P12c3cccc(-c4ccc(-c5ccccn5)cc4)c3Oc3cccc(c31)Oc1c(-c3ccc(-c4ccccn4)cc3)cccc12. The lowest BCUT2D eigenvalue weighted by atomic mass is 10.0. The van der Waals surface area contributed by atoms with Gasteiger partial charge < -0.3 is 14.0 Å². The van der Waals surface area contributed by atoms with E-state index in [9.17, 15) is 0 Å². The van der Waals surface area contributed by atoms with Crippen molar-refractivity contribution in [3.05, 3.63) is 152 Å². The lowest BCUT2D eigenvalue weighted by molar-refractivity contribution is 0.463. The molecule has 2 aliphatic rings. The number of para-hydroxylation sites is 2. The Bertz CT molecular complexity index is 2160. The molecule has 2 aromatic heterocycles. The van der Waals surface area contributed by atoms with Crippen molar-refractivity contribution in [1.82, 2.24) is 9.97 Å². The molecule has 0 radical (unpaired) electrons. The quantitative estimate of drug-likeness (QED) is 0.186. The predicted octanol–water partition coefficient (Wildman–Crippen LogP) is 9.00. The van der Waals surface area contributed by atoms with Crippen LogP contribution in [0.3, 0.4) is 0 Å². The van der Waals surface area contributed by atoms with Gasteiger partial charge in [-0.25, -0.2) is 0 Å². The second kappa shape index (κ2) is 10.4. The normalized spacial score (nSPS) is 13.4. The lowest BCUT2D eigenvalue weighted by Crippen LogP contribution is -2.35. The maximum atomic E-state index is 15.8. The van der Waals surface area contributed by atoms with Gasteiger partial charge in [-0.1, -0.05) is 91.0 Å². The van der Waals surface area contributed by atoms with Crippen LogP contribution < -0.4 is 25.4 Å². The molecule has 4 heterocycles. The molecule has 5 aromatic carbocycles. The molecule has 0 fully saturated rings. The number of hydrogen-bond donors (Lipinski definition) is 0. The largest absolute Gasteiger partial charge is 0.455 e. The highest BCUT2D eigenvalue weighted by Crippen LogP contribution is 2.60. The van der Waals surface area contributed by atoms with Crippen LogP contribution in [0.25, 0.3) is 44.8 Å². The van der Waals surface area contributed by atoms with Gasteiger partial charge in [0, 0.05) is 34.6 Å². The molecular formula is C40H25N2O3P. The molecule has 0 spiro atoms. The number of rotatable bonds is 4. The van der Waals surface area contributed by atoms with Gasteiger partial charge in [-0.2, -0.15) is 0 Å². The number of pyridine rings is 2. The summed E-state index contributed by atoms with van der Waals surface area (Å²) < 4.78 is 29.0. The van der Waals surface area contributed by atoms with Crippen molar-refractivity contribution in [3.63, 3.8) is 0 Å². The van der Waals surface area contributed by atoms with Crippen molar-refractivity contribution in [2.24, 2.45) is 0 Å². The van der Waals surface area contributed by atoms with Gasteiger partial charge >= 0.3 is 0 Å².